The molecule has 4 aromatic rings. The van der Waals surface area contributed by atoms with E-state index in [0.717, 1.165) is 16.7 Å². The van der Waals surface area contributed by atoms with Gasteiger partial charge in [-0.15, -0.1) is 0 Å². The van der Waals surface area contributed by atoms with Crippen LogP contribution in [0.2, 0.25) is 0 Å². The third kappa shape index (κ3) is 3.22. The number of halogens is 1. The molecular formula is C24H16FN3. The molecule has 0 amide bonds. The van der Waals surface area contributed by atoms with Crippen molar-refractivity contribution in [3.8, 4) is 39.6 Å². The Hall–Kier alpha value is -3.97. The fraction of sp³-hybridized carbons (Fsp3) is 0. The molecule has 0 saturated carbocycles. The zero-order chi connectivity index (χ0) is 19.5. The topological polar surface area (TPSA) is 62.7 Å². The van der Waals surface area contributed by atoms with E-state index in [1.165, 1.54) is 6.07 Å². The number of rotatable bonds is 3. The van der Waals surface area contributed by atoms with Crippen molar-refractivity contribution in [3.63, 3.8) is 0 Å². The maximum atomic E-state index is 14.3. The van der Waals surface area contributed by atoms with Gasteiger partial charge in [-0.25, -0.2) is 9.37 Å². The van der Waals surface area contributed by atoms with E-state index in [1.54, 1.807) is 24.3 Å². The zero-order valence-electron chi connectivity index (χ0n) is 14.9. The molecule has 1 aromatic heterocycles. The van der Waals surface area contributed by atoms with Gasteiger partial charge in [0, 0.05) is 16.7 Å². The van der Waals surface area contributed by atoms with Crippen molar-refractivity contribution in [3.05, 3.63) is 96.3 Å². The Kier molecular flexibility index (Phi) is 4.57. The normalized spacial score (nSPS) is 10.4. The second-order valence-corrected chi connectivity index (χ2v) is 6.35. The van der Waals surface area contributed by atoms with Gasteiger partial charge >= 0.3 is 0 Å². The van der Waals surface area contributed by atoms with Gasteiger partial charge in [-0.05, 0) is 23.3 Å². The van der Waals surface area contributed by atoms with Crippen molar-refractivity contribution >= 4 is 5.82 Å². The SMILES string of the molecule is N#Cc1c(-c2ccccc2F)cc(-c2ccc(-c3ccccc3)cc2)nc1N. The Labute approximate surface area is 162 Å². The summed E-state index contributed by atoms with van der Waals surface area (Å²) in [6.07, 6.45) is 0. The molecule has 0 unspecified atom stereocenters. The van der Waals surface area contributed by atoms with Gasteiger partial charge in [-0.3, -0.25) is 0 Å². The fourth-order valence-electron chi connectivity index (χ4n) is 3.19. The Morgan fingerprint density at radius 3 is 2.04 bits per heavy atom. The quantitative estimate of drug-likeness (QED) is 0.508. The molecule has 134 valence electrons. The van der Waals surface area contributed by atoms with Crippen LogP contribution in [0.15, 0.2) is 84.9 Å². The summed E-state index contributed by atoms with van der Waals surface area (Å²) in [7, 11) is 0. The smallest absolute Gasteiger partial charge is 0.142 e. The highest BCUT2D eigenvalue weighted by Crippen LogP contribution is 2.33. The van der Waals surface area contributed by atoms with E-state index in [1.807, 2.05) is 60.7 Å². The molecule has 3 nitrogen and oxygen atoms in total. The molecule has 4 heteroatoms. The molecule has 0 aliphatic carbocycles. The Morgan fingerprint density at radius 2 is 1.36 bits per heavy atom. The second kappa shape index (κ2) is 7.34. The standard InChI is InChI=1S/C24H16FN3/c25-22-9-5-4-8-19(22)20-14-23(28-24(27)21(20)15-26)18-12-10-17(11-13-18)16-6-2-1-3-7-16/h1-14H,(H2,27,28). The number of pyridine rings is 1. The summed E-state index contributed by atoms with van der Waals surface area (Å²) in [6, 6.07) is 28.0. The van der Waals surface area contributed by atoms with E-state index in [2.05, 4.69) is 4.98 Å². The number of nitrogens with two attached hydrogens (primary N) is 1. The number of aromatic nitrogens is 1. The minimum atomic E-state index is -0.407. The van der Waals surface area contributed by atoms with Gasteiger partial charge in [0.05, 0.1) is 5.69 Å². The van der Waals surface area contributed by atoms with Crippen molar-refractivity contribution < 1.29 is 4.39 Å². The lowest BCUT2D eigenvalue weighted by atomic mass is 9.97. The Morgan fingerprint density at radius 1 is 0.750 bits per heavy atom. The average molecular weight is 365 g/mol. The number of anilines is 1. The first-order valence-corrected chi connectivity index (χ1v) is 8.79. The second-order valence-electron chi connectivity index (χ2n) is 6.35. The van der Waals surface area contributed by atoms with Crippen LogP contribution in [-0.4, -0.2) is 4.98 Å². The van der Waals surface area contributed by atoms with Gasteiger partial charge in [0.1, 0.15) is 23.3 Å². The molecule has 0 bridgehead atoms. The van der Waals surface area contributed by atoms with Crippen molar-refractivity contribution in [2.45, 2.75) is 0 Å². The highest BCUT2D eigenvalue weighted by molar-refractivity contribution is 5.81. The summed E-state index contributed by atoms with van der Waals surface area (Å²) in [6.45, 7) is 0. The molecule has 4 rings (SSSR count). The van der Waals surface area contributed by atoms with Crippen LogP contribution in [0.4, 0.5) is 10.2 Å². The molecule has 3 aromatic carbocycles. The van der Waals surface area contributed by atoms with E-state index < -0.39 is 5.82 Å². The van der Waals surface area contributed by atoms with E-state index >= 15 is 0 Å². The van der Waals surface area contributed by atoms with Crippen LogP contribution in [0, 0.1) is 17.1 Å². The molecule has 0 aliphatic heterocycles. The molecule has 2 N–H and O–H groups in total. The molecule has 0 aliphatic rings. The van der Waals surface area contributed by atoms with Crippen molar-refractivity contribution in [1.29, 1.82) is 5.26 Å². The van der Waals surface area contributed by atoms with Crippen molar-refractivity contribution in [2.75, 3.05) is 5.73 Å². The van der Waals surface area contributed by atoms with E-state index in [0.29, 0.717) is 16.8 Å². The van der Waals surface area contributed by atoms with Crippen LogP contribution in [0.1, 0.15) is 5.56 Å². The van der Waals surface area contributed by atoms with Gasteiger partial charge in [-0.2, -0.15) is 5.26 Å². The highest BCUT2D eigenvalue weighted by Gasteiger charge is 2.16. The molecule has 0 fully saturated rings. The molecule has 0 radical (unpaired) electrons. The summed E-state index contributed by atoms with van der Waals surface area (Å²) in [5, 5.41) is 9.48. The number of nitriles is 1. The van der Waals surface area contributed by atoms with E-state index in [9.17, 15) is 9.65 Å². The minimum Gasteiger partial charge on any atom is -0.383 e. The summed E-state index contributed by atoms with van der Waals surface area (Å²) in [4.78, 5) is 4.37. The van der Waals surface area contributed by atoms with Crippen LogP contribution in [0.25, 0.3) is 33.5 Å². The largest absolute Gasteiger partial charge is 0.383 e. The van der Waals surface area contributed by atoms with Crippen molar-refractivity contribution in [1.82, 2.24) is 4.98 Å². The number of benzene rings is 3. The van der Waals surface area contributed by atoms with Gasteiger partial charge in [0.25, 0.3) is 0 Å². The van der Waals surface area contributed by atoms with Crippen molar-refractivity contribution in [2.24, 2.45) is 0 Å². The lowest BCUT2D eigenvalue weighted by molar-refractivity contribution is 0.631. The fourth-order valence-corrected chi connectivity index (χ4v) is 3.19. The van der Waals surface area contributed by atoms with Gasteiger partial charge in [0.2, 0.25) is 0 Å². The summed E-state index contributed by atoms with van der Waals surface area (Å²) >= 11 is 0. The molecular weight excluding hydrogens is 349 g/mol. The lowest BCUT2D eigenvalue weighted by Crippen LogP contribution is -2.00. The molecule has 28 heavy (non-hydrogen) atoms. The first-order valence-electron chi connectivity index (χ1n) is 8.79. The minimum absolute atomic E-state index is 0.0883. The number of hydrogen-bond donors (Lipinski definition) is 1. The number of hydrogen-bond acceptors (Lipinski definition) is 3. The van der Waals surface area contributed by atoms with Gasteiger partial charge in [-0.1, -0.05) is 72.8 Å². The summed E-state index contributed by atoms with van der Waals surface area (Å²) < 4.78 is 14.3. The monoisotopic (exact) mass is 365 g/mol. The molecule has 0 spiro atoms. The maximum Gasteiger partial charge on any atom is 0.142 e. The number of nitrogens with zero attached hydrogens (tertiary/aromatic N) is 2. The predicted octanol–water partition coefficient (Wildman–Crippen LogP) is 5.68. The lowest BCUT2D eigenvalue weighted by Gasteiger charge is -2.11. The average Bonchev–Trinajstić information content (AvgIpc) is 2.74. The van der Waals surface area contributed by atoms with Crippen LogP contribution >= 0.6 is 0 Å². The summed E-state index contributed by atoms with van der Waals surface area (Å²) in [5.74, 6) is -0.319. The number of nitrogen functional groups attached to an aromatic ring is 1. The third-order valence-corrected chi connectivity index (χ3v) is 4.61. The van der Waals surface area contributed by atoms with Crippen LogP contribution in [0.5, 0.6) is 0 Å². The van der Waals surface area contributed by atoms with Crippen LogP contribution in [-0.2, 0) is 0 Å². The summed E-state index contributed by atoms with van der Waals surface area (Å²) in [5.41, 5.74) is 10.6. The van der Waals surface area contributed by atoms with E-state index in [4.69, 9.17) is 5.73 Å². The highest BCUT2D eigenvalue weighted by atomic mass is 19.1. The Bertz CT molecular complexity index is 1180. The van der Waals surface area contributed by atoms with E-state index in [-0.39, 0.29) is 11.4 Å². The molecule has 1 heterocycles. The van der Waals surface area contributed by atoms with Crippen LogP contribution in [0.3, 0.4) is 0 Å². The zero-order valence-corrected chi connectivity index (χ0v) is 14.9. The maximum absolute atomic E-state index is 14.3. The first-order chi connectivity index (χ1) is 13.7. The first kappa shape index (κ1) is 17.4. The molecule has 0 atom stereocenters. The van der Waals surface area contributed by atoms with Gasteiger partial charge in [0.15, 0.2) is 0 Å². The van der Waals surface area contributed by atoms with Gasteiger partial charge < -0.3 is 5.73 Å². The van der Waals surface area contributed by atoms with Crippen LogP contribution < -0.4 is 5.73 Å². The third-order valence-electron chi connectivity index (χ3n) is 4.61. The molecule has 0 saturated heterocycles. The predicted molar refractivity (Wildman–Crippen MR) is 110 cm³/mol. The Balaban J connectivity index is 1.81.